The molecule has 4 atom stereocenters. The van der Waals surface area contributed by atoms with E-state index >= 15 is 0 Å². The van der Waals surface area contributed by atoms with Crippen molar-refractivity contribution >= 4 is 44.1 Å². The zero-order valence-corrected chi connectivity index (χ0v) is 24.3. The van der Waals surface area contributed by atoms with Gasteiger partial charge in [0, 0.05) is 35.1 Å². The summed E-state index contributed by atoms with van der Waals surface area (Å²) >= 11 is 6.20. The summed E-state index contributed by atoms with van der Waals surface area (Å²) in [6, 6.07) is 5.58. The van der Waals surface area contributed by atoms with E-state index in [1.165, 1.54) is 6.33 Å². The van der Waals surface area contributed by atoms with E-state index in [2.05, 4.69) is 41.1 Å². The van der Waals surface area contributed by atoms with Gasteiger partial charge < -0.3 is 15.1 Å². The Labute approximate surface area is 226 Å². The fourth-order valence-corrected chi connectivity index (χ4v) is 7.20. The Kier molecular flexibility index (Phi) is 8.08. The number of carbonyl (C=O) groups is 1. The summed E-state index contributed by atoms with van der Waals surface area (Å²) in [7, 11) is -1.22. The van der Waals surface area contributed by atoms with Crippen molar-refractivity contribution in [2.75, 3.05) is 24.7 Å². The standard InChI is InChI=1S/C27H40ClN5O3S/c1-17(2)32(6)20-8-10-24(18(13-20)15-37(35,36)27(3,4)5)33-12-11-23(26(33)34)31-25-21-14-19(28)7-9-22(21)29-16-30-25/h7,9,14,16-18,20,23-24H,8,10-13,15H2,1-6H3,(H,29,30,31)/t18-,20+,23-,24-/m0/s1. The van der Waals surface area contributed by atoms with Crippen LogP contribution in [0.25, 0.3) is 10.9 Å². The van der Waals surface area contributed by atoms with Crippen molar-refractivity contribution in [3.05, 3.63) is 29.5 Å². The fraction of sp³-hybridized carbons (Fsp3) is 0.667. The van der Waals surface area contributed by atoms with E-state index in [0.717, 1.165) is 30.2 Å². The lowest BCUT2D eigenvalue weighted by Crippen LogP contribution is -2.53. The predicted molar refractivity (Wildman–Crippen MR) is 150 cm³/mol. The first-order valence-electron chi connectivity index (χ1n) is 13.2. The number of anilines is 1. The number of amides is 1. The van der Waals surface area contributed by atoms with Gasteiger partial charge in [-0.2, -0.15) is 0 Å². The summed E-state index contributed by atoms with van der Waals surface area (Å²) in [4.78, 5) is 26.6. The van der Waals surface area contributed by atoms with E-state index in [9.17, 15) is 13.2 Å². The predicted octanol–water partition coefficient (Wildman–Crippen LogP) is 4.39. The van der Waals surface area contributed by atoms with E-state index in [1.54, 1.807) is 32.9 Å². The van der Waals surface area contributed by atoms with Crippen molar-refractivity contribution in [3.63, 3.8) is 0 Å². The van der Waals surface area contributed by atoms with Gasteiger partial charge in [0.25, 0.3) is 0 Å². The molecule has 37 heavy (non-hydrogen) atoms. The molecule has 1 N–H and O–H groups in total. The molecule has 0 unspecified atom stereocenters. The Balaban J connectivity index is 1.56. The number of fused-ring (bicyclic) bond motifs is 1. The van der Waals surface area contributed by atoms with Gasteiger partial charge >= 0.3 is 0 Å². The first-order chi connectivity index (χ1) is 17.3. The number of sulfone groups is 1. The average Bonchev–Trinajstić information content (AvgIpc) is 3.17. The van der Waals surface area contributed by atoms with Crippen molar-refractivity contribution < 1.29 is 13.2 Å². The highest BCUT2D eigenvalue weighted by Crippen LogP contribution is 2.37. The fourth-order valence-electron chi connectivity index (χ4n) is 5.61. The highest BCUT2D eigenvalue weighted by molar-refractivity contribution is 7.92. The van der Waals surface area contributed by atoms with E-state index in [1.807, 2.05) is 11.0 Å². The summed E-state index contributed by atoms with van der Waals surface area (Å²) in [6.07, 6.45) is 4.63. The van der Waals surface area contributed by atoms with Gasteiger partial charge in [0.15, 0.2) is 9.84 Å². The molecule has 8 nitrogen and oxygen atoms in total. The maximum Gasteiger partial charge on any atom is 0.245 e. The highest BCUT2D eigenvalue weighted by Gasteiger charge is 2.45. The molecular weight excluding hydrogens is 510 g/mol. The Morgan fingerprint density at radius 1 is 1.19 bits per heavy atom. The number of benzene rings is 1. The zero-order chi connectivity index (χ0) is 27.1. The monoisotopic (exact) mass is 549 g/mol. The molecule has 2 aromatic rings. The van der Waals surface area contributed by atoms with Gasteiger partial charge in [0.05, 0.1) is 16.0 Å². The molecule has 0 spiro atoms. The molecular formula is C27H40ClN5O3S. The number of nitrogens with zero attached hydrogens (tertiary/aromatic N) is 4. The molecule has 2 heterocycles. The molecule has 1 aliphatic carbocycles. The topological polar surface area (TPSA) is 95.5 Å². The third-order valence-electron chi connectivity index (χ3n) is 8.22. The molecule has 2 fully saturated rings. The van der Waals surface area contributed by atoms with Crippen molar-refractivity contribution in [3.8, 4) is 0 Å². The Bertz CT molecular complexity index is 1250. The molecule has 1 saturated carbocycles. The van der Waals surface area contributed by atoms with E-state index in [4.69, 9.17) is 11.6 Å². The third-order valence-corrected chi connectivity index (χ3v) is 11.2. The molecule has 4 rings (SSSR count). The molecule has 1 amide bonds. The molecule has 1 saturated heterocycles. The Morgan fingerprint density at radius 2 is 1.92 bits per heavy atom. The minimum Gasteiger partial charge on any atom is -0.358 e. The largest absolute Gasteiger partial charge is 0.358 e. The minimum absolute atomic E-state index is 0.00705. The lowest BCUT2D eigenvalue weighted by atomic mass is 9.81. The normalized spacial score (nSPS) is 25.4. The number of carbonyl (C=O) groups excluding carboxylic acids is 1. The van der Waals surface area contributed by atoms with E-state index < -0.39 is 20.6 Å². The van der Waals surface area contributed by atoms with Crippen LogP contribution in [0.4, 0.5) is 5.82 Å². The van der Waals surface area contributed by atoms with Crippen LogP contribution in [0.1, 0.15) is 60.3 Å². The second kappa shape index (κ2) is 10.7. The van der Waals surface area contributed by atoms with E-state index in [0.29, 0.717) is 35.9 Å². The third kappa shape index (κ3) is 5.88. The number of likely N-dealkylation sites (tertiary alicyclic amines) is 1. The number of aromatic nitrogens is 2. The summed E-state index contributed by atoms with van der Waals surface area (Å²) in [5.74, 6) is 0.584. The van der Waals surface area contributed by atoms with Crippen LogP contribution in [0, 0.1) is 5.92 Å². The number of halogens is 1. The second-order valence-corrected chi connectivity index (χ2v) is 15.1. The first kappa shape index (κ1) is 28.0. The number of rotatable bonds is 7. The Hall–Kier alpha value is -1.97. The van der Waals surface area contributed by atoms with Crippen LogP contribution < -0.4 is 5.32 Å². The van der Waals surface area contributed by atoms with Crippen LogP contribution in [0.2, 0.25) is 5.02 Å². The van der Waals surface area contributed by atoms with Crippen LogP contribution in [0.15, 0.2) is 24.5 Å². The van der Waals surface area contributed by atoms with Crippen molar-refractivity contribution in [1.82, 2.24) is 19.8 Å². The van der Waals surface area contributed by atoms with Gasteiger partial charge in [0.2, 0.25) is 5.91 Å². The number of hydrogen-bond acceptors (Lipinski definition) is 7. The molecule has 1 aromatic heterocycles. The maximum absolute atomic E-state index is 13.7. The molecule has 10 heteroatoms. The highest BCUT2D eigenvalue weighted by atomic mass is 35.5. The van der Waals surface area contributed by atoms with Gasteiger partial charge in [-0.15, -0.1) is 0 Å². The van der Waals surface area contributed by atoms with Crippen LogP contribution in [0.3, 0.4) is 0 Å². The van der Waals surface area contributed by atoms with Crippen LogP contribution >= 0.6 is 11.6 Å². The van der Waals surface area contributed by atoms with Gasteiger partial charge in [0.1, 0.15) is 18.2 Å². The van der Waals surface area contributed by atoms with Crippen molar-refractivity contribution in [1.29, 1.82) is 0 Å². The van der Waals surface area contributed by atoms with Crippen LogP contribution in [-0.4, -0.2) is 82.4 Å². The van der Waals surface area contributed by atoms with Gasteiger partial charge in [-0.25, -0.2) is 18.4 Å². The smallest absolute Gasteiger partial charge is 0.245 e. The SMILES string of the molecule is CC(C)N(C)[C@@H]1CC[C@H](N2CC[C@H](Nc3ncnc4ccc(Cl)cc34)C2=O)[C@H](CS(=O)(=O)C(C)(C)C)C1. The first-order valence-corrected chi connectivity index (χ1v) is 15.2. The second-order valence-electron chi connectivity index (χ2n) is 11.8. The minimum atomic E-state index is -3.34. The molecule has 0 bridgehead atoms. The van der Waals surface area contributed by atoms with Gasteiger partial charge in [-0.05, 0) is 91.5 Å². The summed E-state index contributed by atoms with van der Waals surface area (Å²) in [6.45, 7) is 10.2. The summed E-state index contributed by atoms with van der Waals surface area (Å²) in [5, 5.41) is 4.68. The molecule has 0 radical (unpaired) electrons. The van der Waals surface area contributed by atoms with Gasteiger partial charge in [-0.1, -0.05) is 11.6 Å². The summed E-state index contributed by atoms with van der Waals surface area (Å²) < 4.78 is 25.7. The zero-order valence-electron chi connectivity index (χ0n) is 22.7. The molecule has 2 aliphatic rings. The molecule has 1 aromatic carbocycles. The Morgan fingerprint density at radius 3 is 2.59 bits per heavy atom. The van der Waals surface area contributed by atoms with Crippen LogP contribution in [0.5, 0.6) is 0 Å². The van der Waals surface area contributed by atoms with Crippen LogP contribution in [-0.2, 0) is 14.6 Å². The molecule has 204 valence electrons. The quantitative estimate of drug-likeness (QED) is 0.547. The lowest BCUT2D eigenvalue weighted by Gasteiger charge is -2.45. The van der Waals surface area contributed by atoms with E-state index in [-0.39, 0.29) is 23.6 Å². The van der Waals surface area contributed by atoms with Crippen molar-refractivity contribution in [2.24, 2.45) is 5.92 Å². The maximum atomic E-state index is 13.7. The van der Waals surface area contributed by atoms with Crippen molar-refractivity contribution in [2.45, 2.75) is 89.2 Å². The van der Waals surface area contributed by atoms with Gasteiger partial charge in [-0.3, -0.25) is 4.79 Å². The molecule has 1 aliphatic heterocycles. The lowest BCUT2D eigenvalue weighted by molar-refractivity contribution is -0.132. The summed E-state index contributed by atoms with van der Waals surface area (Å²) in [5.41, 5.74) is 0.754. The number of hydrogen-bond donors (Lipinski definition) is 1. The average molecular weight is 550 g/mol. The number of nitrogens with one attached hydrogen (secondary N) is 1.